The first kappa shape index (κ1) is 17.7. The van der Waals surface area contributed by atoms with E-state index in [9.17, 15) is 13.2 Å². The molecule has 0 unspecified atom stereocenters. The van der Waals surface area contributed by atoms with Gasteiger partial charge in [-0.3, -0.25) is 4.79 Å². The van der Waals surface area contributed by atoms with Crippen LogP contribution in [-0.4, -0.2) is 47.6 Å². The van der Waals surface area contributed by atoms with Crippen molar-refractivity contribution in [2.24, 2.45) is 13.0 Å². The van der Waals surface area contributed by atoms with Gasteiger partial charge in [-0.25, -0.2) is 13.4 Å². The van der Waals surface area contributed by atoms with Crippen LogP contribution < -0.4 is 0 Å². The molecule has 1 aliphatic heterocycles. The third kappa shape index (κ3) is 4.28. The van der Waals surface area contributed by atoms with Crippen LogP contribution in [0.3, 0.4) is 0 Å². The average Bonchev–Trinajstić information content (AvgIpc) is 3.03. The van der Waals surface area contributed by atoms with Crippen molar-refractivity contribution in [2.45, 2.75) is 24.4 Å². The fraction of sp³-hybridized carbons (Fsp3) is 0.444. The maximum Gasteiger partial charge on any atom is 0.238 e. The molecular weight excluding hydrogens is 338 g/mol. The summed E-state index contributed by atoms with van der Waals surface area (Å²) in [6.07, 6.45) is 5.81. The summed E-state index contributed by atoms with van der Waals surface area (Å²) in [5.41, 5.74) is 1.31. The largest absolute Gasteiger partial charge is 0.342 e. The van der Waals surface area contributed by atoms with Crippen molar-refractivity contribution in [3.63, 3.8) is 0 Å². The monoisotopic (exact) mass is 361 g/mol. The van der Waals surface area contributed by atoms with Crippen LogP contribution in [0.15, 0.2) is 47.9 Å². The van der Waals surface area contributed by atoms with E-state index in [0.29, 0.717) is 19.0 Å². The number of amides is 1. The normalized spacial score (nSPS) is 16.1. The SMILES string of the molecule is Cn1ccnc1S(=O)(=O)CC(=O)N1CCC(Cc2ccccc2)CC1. The van der Waals surface area contributed by atoms with Gasteiger partial charge in [0.1, 0.15) is 5.75 Å². The number of piperidine rings is 1. The topological polar surface area (TPSA) is 72.3 Å². The molecule has 7 heteroatoms. The predicted octanol–water partition coefficient (Wildman–Crippen LogP) is 1.68. The van der Waals surface area contributed by atoms with Crippen LogP contribution in [0.2, 0.25) is 0 Å². The fourth-order valence-electron chi connectivity index (χ4n) is 3.30. The average molecular weight is 361 g/mol. The molecule has 0 radical (unpaired) electrons. The number of carbonyl (C=O) groups is 1. The van der Waals surface area contributed by atoms with Crippen LogP contribution >= 0.6 is 0 Å². The Kier molecular flexibility index (Phi) is 5.22. The number of imidazole rings is 1. The van der Waals surface area contributed by atoms with E-state index in [0.717, 1.165) is 19.3 Å². The Morgan fingerprint density at radius 3 is 2.48 bits per heavy atom. The van der Waals surface area contributed by atoms with Crippen molar-refractivity contribution in [3.8, 4) is 0 Å². The molecule has 6 nitrogen and oxygen atoms in total. The third-order valence-electron chi connectivity index (χ3n) is 4.70. The standard InChI is InChI=1S/C18H23N3O3S/c1-20-12-9-19-18(20)25(23,24)14-17(22)21-10-7-16(8-11-21)13-15-5-3-2-4-6-15/h2-6,9,12,16H,7-8,10-11,13-14H2,1H3. The molecular formula is C18H23N3O3S. The first-order chi connectivity index (χ1) is 12.0. The molecule has 1 aromatic heterocycles. The zero-order valence-corrected chi connectivity index (χ0v) is 15.2. The molecule has 1 saturated heterocycles. The van der Waals surface area contributed by atoms with E-state index in [-0.39, 0.29) is 11.1 Å². The summed E-state index contributed by atoms with van der Waals surface area (Å²) in [7, 11) is -2.09. The van der Waals surface area contributed by atoms with Crippen molar-refractivity contribution in [2.75, 3.05) is 18.8 Å². The van der Waals surface area contributed by atoms with Gasteiger partial charge in [-0.15, -0.1) is 0 Å². The van der Waals surface area contributed by atoms with E-state index in [1.807, 2.05) is 18.2 Å². The molecule has 134 valence electrons. The Bertz CT molecular complexity index is 822. The molecule has 0 N–H and O–H groups in total. The molecule has 2 heterocycles. The van der Waals surface area contributed by atoms with Crippen LogP contribution in [-0.2, 0) is 28.1 Å². The second-order valence-electron chi connectivity index (χ2n) is 6.59. The summed E-state index contributed by atoms with van der Waals surface area (Å²) in [6, 6.07) is 10.3. The number of aryl methyl sites for hydroxylation is 1. The Hall–Kier alpha value is -2.15. The van der Waals surface area contributed by atoms with Crippen molar-refractivity contribution in [1.29, 1.82) is 0 Å². The Balaban J connectivity index is 1.54. The first-order valence-corrected chi connectivity index (χ1v) is 10.1. The van der Waals surface area contributed by atoms with E-state index >= 15 is 0 Å². The number of sulfone groups is 1. The van der Waals surface area contributed by atoms with Gasteiger partial charge in [0.25, 0.3) is 0 Å². The second-order valence-corrected chi connectivity index (χ2v) is 8.48. The lowest BCUT2D eigenvalue weighted by molar-refractivity contribution is -0.129. The molecule has 0 saturated carbocycles. The Morgan fingerprint density at radius 1 is 1.20 bits per heavy atom. The van der Waals surface area contributed by atoms with Gasteiger partial charge in [-0.05, 0) is 30.7 Å². The van der Waals surface area contributed by atoms with E-state index < -0.39 is 15.6 Å². The summed E-state index contributed by atoms with van der Waals surface area (Å²) in [4.78, 5) is 17.9. The maximum absolute atomic E-state index is 12.4. The van der Waals surface area contributed by atoms with Crippen molar-refractivity contribution in [3.05, 3.63) is 48.3 Å². The third-order valence-corrected chi connectivity index (χ3v) is 6.28. The van der Waals surface area contributed by atoms with Gasteiger partial charge in [-0.2, -0.15) is 0 Å². The quantitative estimate of drug-likeness (QED) is 0.812. The smallest absolute Gasteiger partial charge is 0.238 e. The van der Waals surface area contributed by atoms with Gasteiger partial charge in [0.15, 0.2) is 0 Å². The molecule has 0 bridgehead atoms. The molecule has 1 aromatic carbocycles. The minimum Gasteiger partial charge on any atom is -0.342 e. The lowest BCUT2D eigenvalue weighted by atomic mass is 9.90. The van der Waals surface area contributed by atoms with Crippen LogP contribution in [0.1, 0.15) is 18.4 Å². The van der Waals surface area contributed by atoms with E-state index in [4.69, 9.17) is 0 Å². The minimum absolute atomic E-state index is 0.0557. The number of hydrogen-bond donors (Lipinski definition) is 0. The first-order valence-electron chi connectivity index (χ1n) is 8.47. The lowest BCUT2D eigenvalue weighted by Crippen LogP contribution is -2.42. The van der Waals surface area contributed by atoms with Crippen molar-refractivity contribution >= 4 is 15.7 Å². The highest BCUT2D eigenvalue weighted by Crippen LogP contribution is 2.22. The summed E-state index contributed by atoms with van der Waals surface area (Å²) in [6.45, 7) is 1.23. The van der Waals surface area contributed by atoms with E-state index in [1.165, 1.54) is 16.3 Å². The fourth-order valence-corrected chi connectivity index (χ4v) is 4.66. The molecule has 1 fully saturated rings. The molecule has 1 amide bonds. The highest BCUT2D eigenvalue weighted by Gasteiger charge is 2.29. The lowest BCUT2D eigenvalue weighted by Gasteiger charge is -2.32. The van der Waals surface area contributed by atoms with Crippen LogP contribution in [0.25, 0.3) is 0 Å². The van der Waals surface area contributed by atoms with Crippen LogP contribution in [0, 0.1) is 5.92 Å². The summed E-state index contributed by atoms with van der Waals surface area (Å²) >= 11 is 0. The summed E-state index contributed by atoms with van der Waals surface area (Å²) in [5.74, 6) is -0.306. The number of carbonyl (C=O) groups excluding carboxylic acids is 1. The highest BCUT2D eigenvalue weighted by molar-refractivity contribution is 7.91. The number of likely N-dealkylation sites (tertiary alicyclic amines) is 1. The molecule has 0 spiro atoms. The van der Waals surface area contributed by atoms with E-state index in [1.54, 1.807) is 18.1 Å². The summed E-state index contributed by atoms with van der Waals surface area (Å²) in [5, 5.41) is -0.0557. The van der Waals surface area contributed by atoms with Gasteiger partial charge < -0.3 is 9.47 Å². The van der Waals surface area contributed by atoms with Gasteiger partial charge >= 0.3 is 0 Å². The van der Waals surface area contributed by atoms with Gasteiger partial charge in [0.05, 0.1) is 0 Å². The Labute approximate surface area is 148 Å². The molecule has 3 rings (SSSR count). The van der Waals surface area contributed by atoms with Crippen molar-refractivity contribution < 1.29 is 13.2 Å². The number of hydrogen-bond acceptors (Lipinski definition) is 4. The number of rotatable bonds is 5. The van der Waals surface area contributed by atoms with Crippen molar-refractivity contribution in [1.82, 2.24) is 14.5 Å². The van der Waals surface area contributed by atoms with Gasteiger partial charge in [-0.1, -0.05) is 30.3 Å². The minimum atomic E-state index is -3.70. The molecule has 0 aliphatic carbocycles. The zero-order chi connectivity index (χ0) is 17.9. The number of benzene rings is 1. The van der Waals surface area contributed by atoms with Crippen LogP contribution in [0.5, 0.6) is 0 Å². The van der Waals surface area contributed by atoms with Gasteiger partial charge in [0, 0.05) is 32.5 Å². The predicted molar refractivity (Wildman–Crippen MR) is 94.7 cm³/mol. The van der Waals surface area contributed by atoms with Crippen LogP contribution in [0.4, 0.5) is 0 Å². The van der Waals surface area contributed by atoms with E-state index in [2.05, 4.69) is 17.1 Å². The van der Waals surface area contributed by atoms with Gasteiger partial charge in [0.2, 0.25) is 20.9 Å². The molecule has 1 aliphatic rings. The summed E-state index contributed by atoms with van der Waals surface area (Å²) < 4.78 is 26.1. The number of nitrogens with zero attached hydrogens (tertiary/aromatic N) is 3. The molecule has 2 aromatic rings. The number of aromatic nitrogens is 2. The highest BCUT2D eigenvalue weighted by atomic mass is 32.2. The Morgan fingerprint density at radius 2 is 1.88 bits per heavy atom. The zero-order valence-electron chi connectivity index (χ0n) is 14.3. The molecule has 25 heavy (non-hydrogen) atoms. The second kappa shape index (κ2) is 7.39. The molecule has 0 atom stereocenters. The maximum atomic E-state index is 12.4.